The third-order valence-corrected chi connectivity index (χ3v) is 4.90. The average molecular weight is 340 g/mol. The minimum atomic E-state index is -0.229. The Hall–Kier alpha value is -2.20. The summed E-state index contributed by atoms with van der Waals surface area (Å²) in [5.41, 5.74) is 4.05. The normalized spacial score (nSPS) is 12.4. The Balaban J connectivity index is 1.99. The molecular formula is C21H28N2O2. The van der Waals surface area contributed by atoms with Gasteiger partial charge in [0.1, 0.15) is 0 Å². The van der Waals surface area contributed by atoms with Gasteiger partial charge in [-0.05, 0) is 65.3 Å². The molecule has 1 aromatic carbocycles. The number of hydrogen-bond donors (Lipinski definition) is 1. The highest BCUT2D eigenvalue weighted by molar-refractivity contribution is 6.05. The van der Waals surface area contributed by atoms with E-state index in [1.54, 1.807) is 0 Å². The summed E-state index contributed by atoms with van der Waals surface area (Å²) in [4.78, 5) is 29.8. The predicted octanol–water partition coefficient (Wildman–Crippen LogP) is 3.97. The Kier molecular flexibility index (Phi) is 6.32. The smallest absolute Gasteiger partial charge is 0.196 e. The van der Waals surface area contributed by atoms with E-state index >= 15 is 0 Å². The lowest BCUT2D eigenvalue weighted by Gasteiger charge is -2.23. The molecule has 25 heavy (non-hydrogen) atoms. The minimum absolute atomic E-state index is 0.00540. The number of aromatic amines is 1. The molecule has 4 nitrogen and oxygen atoms in total. The van der Waals surface area contributed by atoms with Gasteiger partial charge in [-0.3, -0.25) is 14.5 Å². The van der Waals surface area contributed by atoms with Crippen molar-refractivity contribution in [1.82, 2.24) is 9.88 Å². The number of nitrogens with zero attached hydrogens (tertiary/aromatic N) is 1. The number of nitrogens with one attached hydrogen (secondary N) is 1. The van der Waals surface area contributed by atoms with E-state index in [9.17, 15) is 9.59 Å². The first kappa shape index (κ1) is 19.1. The predicted molar refractivity (Wildman–Crippen MR) is 101 cm³/mol. The number of ketones is 2. The standard InChI is InChI=1S/C21H28N2O2/c1-14-19(17(4)24)15(2)22-20(14)21(25)16(3)23(5)13-9-12-18-10-7-6-8-11-18/h6-8,10-11,16,22H,9,12-13H2,1-5H3/t16-/m0/s1. The van der Waals surface area contributed by atoms with Gasteiger partial charge in [-0.1, -0.05) is 30.3 Å². The van der Waals surface area contributed by atoms with E-state index < -0.39 is 0 Å². The van der Waals surface area contributed by atoms with Crippen LogP contribution in [0.4, 0.5) is 0 Å². The molecule has 0 amide bonds. The van der Waals surface area contributed by atoms with Crippen molar-refractivity contribution >= 4 is 11.6 Å². The number of H-pyrrole nitrogens is 1. The van der Waals surface area contributed by atoms with Crippen molar-refractivity contribution in [2.45, 2.75) is 46.6 Å². The fourth-order valence-electron chi connectivity index (χ4n) is 3.30. The maximum absolute atomic E-state index is 12.8. The second-order valence-electron chi connectivity index (χ2n) is 6.79. The van der Waals surface area contributed by atoms with Gasteiger partial charge in [-0.25, -0.2) is 0 Å². The van der Waals surface area contributed by atoms with Crippen LogP contribution in [0.25, 0.3) is 0 Å². The molecule has 1 N–H and O–H groups in total. The van der Waals surface area contributed by atoms with Crippen molar-refractivity contribution in [1.29, 1.82) is 0 Å². The monoisotopic (exact) mass is 340 g/mol. The SMILES string of the molecule is CC(=O)c1c(C)[nH]c(C(=O)[C@H](C)N(C)CCCc2ccccc2)c1C. The van der Waals surface area contributed by atoms with Crippen LogP contribution in [0, 0.1) is 13.8 Å². The summed E-state index contributed by atoms with van der Waals surface area (Å²) in [5.74, 6) is 0.0319. The first-order valence-electron chi connectivity index (χ1n) is 8.81. The van der Waals surface area contributed by atoms with Gasteiger partial charge in [0.15, 0.2) is 11.6 Å². The van der Waals surface area contributed by atoms with Crippen LogP contribution in [0.2, 0.25) is 0 Å². The van der Waals surface area contributed by atoms with E-state index in [2.05, 4.69) is 22.0 Å². The van der Waals surface area contributed by atoms with Crippen molar-refractivity contribution < 1.29 is 9.59 Å². The Morgan fingerprint density at radius 2 is 1.80 bits per heavy atom. The number of Topliss-reactive ketones (excluding diaryl/α,β-unsaturated/α-hetero) is 2. The van der Waals surface area contributed by atoms with Gasteiger partial charge in [-0.15, -0.1) is 0 Å². The molecule has 0 fully saturated rings. The second kappa shape index (κ2) is 8.26. The van der Waals surface area contributed by atoms with Gasteiger partial charge in [0.25, 0.3) is 0 Å². The highest BCUT2D eigenvalue weighted by atomic mass is 16.1. The molecule has 2 aromatic rings. The van der Waals surface area contributed by atoms with E-state index in [0.29, 0.717) is 11.3 Å². The number of hydrogen-bond acceptors (Lipinski definition) is 3. The molecule has 134 valence electrons. The second-order valence-corrected chi connectivity index (χ2v) is 6.79. The lowest BCUT2D eigenvalue weighted by molar-refractivity contribution is 0.0862. The lowest BCUT2D eigenvalue weighted by Crippen LogP contribution is -2.37. The van der Waals surface area contributed by atoms with Crippen molar-refractivity contribution in [2.75, 3.05) is 13.6 Å². The molecule has 0 aliphatic rings. The van der Waals surface area contributed by atoms with E-state index in [4.69, 9.17) is 0 Å². The molecule has 1 atom stereocenters. The molecule has 0 spiro atoms. The summed E-state index contributed by atoms with van der Waals surface area (Å²) >= 11 is 0. The van der Waals surface area contributed by atoms with Crippen LogP contribution >= 0.6 is 0 Å². The zero-order chi connectivity index (χ0) is 18.6. The Morgan fingerprint density at radius 3 is 2.36 bits per heavy atom. The summed E-state index contributed by atoms with van der Waals surface area (Å²) in [6, 6.07) is 10.1. The Labute approximate surface area is 150 Å². The highest BCUT2D eigenvalue weighted by Gasteiger charge is 2.25. The largest absolute Gasteiger partial charge is 0.355 e. The number of likely N-dealkylation sites (N-methyl/N-ethyl adjacent to an activating group) is 1. The van der Waals surface area contributed by atoms with Gasteiger partial charge >= 0.3 is 0 Å². The van der Waals surface area contributed by atoms with E-state index in [-0.39, 0.29) is 17.6 Å². The van der Waals surface area contributed by atoms with Crippen molar-refractivity contribution in [3.05, 3.63) is 58.4 Å². The first-order valence-corrected chi connectivity index (χ1v) is 8.81. The minimum Gasteiger partial charge on any atom is -0.355 e. The van der Waals surface area contributed by atoms with Crippen molar-refractivity contribution in [2.24, 2.45) is 0 Å². The molecule has 0 saturated heterocycles. The zero-order valence-electron chi connectivity index (χ0n) is 15.8. The number of benzene rings is 1. The number of aryl methyl sites for hydroxylation is 2. The van der Waals surface area contributed by atoms with E-state index in [0.717, 1.165) is 30.6 Å². The Morgan fingerprint density at radius 1 is 1.16 bits per heavy atom. The summed E-state index contributed by atoms with van der Waals surface area (Å²) in [6.07, 6.45) is 2.00. The van der Waals surface area contributed by atoms with Crippen LogP contribution in [0.1, 0.15) is 57.9 Å². The fraction of sp³-hybridized carbons (Fsp3) is 0.429. The maximum atomic E-state index is 12.8. The third-order valence-electron chi connectivity index (χ3n) is 4.90. The molecule has 0 radical (unpaired) electrons. The summed E-state index contributed by atoms with van der Waals surface area (Å²) < 4.78 is 0. The summed E-state index contributed by atoms with van der Waals surface area (Å²) in [7, 11) is 1.98. The Bertz CT molecular complexity index is 747. The number of rotatable bonds is 8. The quantitative estimate of drug-likeness (QED) is 0.740. The van der Waals surface area contributed by atoms with Crippen LogP contribution in [0.15, 0.2) is 30.3 Å². The summed E-state index contributed by atoms with van der Waals surface area (Å²) in [5, 5.41) is 0. The molecule has 4 heteroatoms. The van der Waals surface area contributed by atoms with Crippen LogP contribution in [-0.2, 0) is 6.42 Å². The van der Waals surface area contributed by atoms with Crippen molar-refractivity contribution in [3.8, 4) is 0 Å². The van der Waals surface area contributed by atoms with Crippen LogP contribution in [0.3, 0.4) is 0 Å². The first-order chi connectivity index (χ1) is 11.8. The molecule has 0 aliphatic carbocycles. The number of carbonyl (C=O) groups is 2. The van der Waals surface area contributed by atoms with Gasteiger partial charge in [0.05, 0.1) is 11.7 Å². The van der Waals surface area contributed by atoms with E-state index in [1.165, 1.54) is 12.5 Å². The molecule has 0 saturated carbocycles. The van der Waals surface area contributed by atoms with Gasteiger partial charge in [0, 0.05) is 11.3 Å². The van der Waals surface area contributed by atoms with Gasteiger partial charge < -0.3 is 4.98 Å². The van der Waals surface area contributed by atoms with Crippen LogP contribution in [0.5, 0.6) is 0 Å². The topological polar surface area (TPSA) is 53.2 Å². The van der Waals surface area contributed by atoms with Crippen molar-refractivity contribution in [3.63, 3.8) is 0 Å². The molecule has 0 unspecified atom stereocenters. The van der Waals surface area contributed by atoms with Crippen LogP contribution < -0.4 is 0 Å². The molecule has 0 aliphatic heterocycles. The maximum Gasteiger partial charge on any atom is 0.196 e. The molecular weight excluding hydrogens is 312 g/mol. The highest BCUT2D eigenvalue weighted by Crippen LogP contribution is 2.20. The number of aromatic nitrogens is 1. The molecule has 0 bridgehead atoms. The number of carbonyl (C=O) groups excluding carboxylic acids is 2. The van der Waals surface area contributed by atoms with E-state index in [1.807, 2.05) is 46.0 Å². The third kappa shape index (κ3) is 4.45. The van der Waals surface area contributed by atoms with Crippen LogP contribution in [-0.4, -0.2) is 41.1 Å². The van der Waals surface area contributed by atoms with Gasteiger partial charge in [-0.2, -0.15) is 0 Å². The lowest BCUT2D eigenvalue weighted by atomic mass is 10.0. The zero-order valence-corrected chi connectivity index (χ0v) is 15.8. The van der Waals surface area contributed by atoms with Gasteiger partial charge in [0.2, 0.25) is 0 Å². The summed E-state index contributed by atoms with van der Waals surface area (Å²) in [6.45, 7) is 7.99. The fourth-order valence-corrected chi connectivity index (χ4v) is 3.30. The molecule has 1 aromatic heterocycles. The molecule has 1 heterocycles. The molecule has 2 rings (SSSR count). The average Bonchev–Trinajstić information content (AvgIpc) is 2.88.